The molecule has 1 saturated heterocycles. The van der Waals surface area contributed by atoms with Crippen LogP contribution < -0.4 is 19.3 Å². The number of carbonyl (C=O) groups is 1. The maximum absolute atomic E-state index is 13.6. The molecule has 0 radical (unpaired) electrons. The smallest absolute Gasteiger partial charge is 0.241 e. The van der Waals surface area contributed by atoms with Crippen LogP contribution in [0, 0.1) is 11.3 Å². The van der Waals surface area contributed by atoms with Crippen LogP contribution in [0.4, 0.5) is 11.4 Å². The maximum atomic E-state index is 13.6. The average molecular weight is 489 g/mol. The quantitative estimate of drug-likeness (QED) is 0.520. The first-order valence-corrected chi connectivity index (χ1v) is 12.8. The Labute approximate surface area is 209 Å². The summed E-state index contributed by atoms with van der Waals surface area (Å²) >= 11 is 1.65. The molecule has 0 atom stereocenters. The van der Waals surface area contributed by atoms with Crippen molar-refractivity contribution >= 4 is 28.6 Å². The Hall–Kier alpha value is -3.54. The third kappa shape index (κ3) is 5.59. The Morgan fingerprint density at radius 3 is 2.60 bits per heavy atom. The zero-order valence-electron chi connectivity index (χ0n) is 19.6. The minimum atomic E-state index is 0.0712. The fourth-order valence-electron chi connectivity index (χ4n) is 4.49. The van der Waals surface area contributed by atoms with Crippen LogP contribution in [-0.2, 0) is 11.3 Å². The van der Waals surface area contributed by atoms with Crippen molar-refractivity contribution in [3.63, 3.8) is 0 Å². The van der Waals surface area contributed by atoms with E-state index in [1.807, 2.05) is 58.8 Å². The third-order valence-electron chi connectivity index (χ3n) is 6.34. The lowest BCUT2D eigenvalue weighted by Gasteiger charge is -2.28. The van der Waals surface area contributed by atoms with Crippen molar-refractivity contribution in [1.29, 1.82) is 5.26 Å². The molecule has 1 amide bonds. The number of benzene rings is 2. The third-order valence-corrected chi connectivity index (χ3v) is 7.20. The summed E-state index contributed by atoms with van der Waals surface area (Å²) in [6.45, 7) is 5.39. The van der Waals surface area contributed by atoms with E-state index in [9.17, 15) is 4.79 Å². The lowest BCUT2D eigenvalue weighted by molar-refractivity contribution is -0.119. The van der Waals surface area contributed by atoms with E-state index in [1.54, 1.807) is 11.3 Å². The Kier molecular flexibility index (Phi) is 7.17. The van der Waals surface area contributed by atoms with Crippen molar-refractivity contribution in [3.8, 4) is 17.6 Å². The van der Waals surface area contributed by atoms with Gasteiger partial charge in [0.05, 0.1) is 24.7 Å². The molecular weight excluding hydrogens is 460 g/mol. The molecule has 0 unspecified atom stereocenters. The number of carbonyl (C=O) groups excluding carboxylic acids is 1. The largest absolute Gasteiger partial charge is 0.486 e. The van der Waals surface area contributed by atoms with Crippen LogP contribution in [0.25, 0.3) is 0 Å². The molecule has 1 fully saturated rings. The van der Waals surface area contributed by atoms with Crippen molar-refractivity contribution in [3.05, 3.63) is 70.4 Å². The molecule has 0 N–H and O–H groups in total. The van der Waals surface area contributed by atoms with Crippen LogP contribution in [0.2, 0.25) is 0 Å². The van der Waals surface area contributed by atoms with Gasteiger partial charge >= 0.3 is 0 Å². The molecule has 5 rings (SSSR count). The van der Waals surface area contributed by atoms with Crippen molar-refractivity contribution in [2.75, 3.05) is 55.7 Å². The second-order valence-electron chi connectivity index (χ2n) is 8.66. The SMILES string of the molecule is N#Cc1ccc(N2CCCN(CC(=O)N(Cc3cccs3)c3ccc4c(c3)OCCO4)CC2)cc1. The Morgan fingerprint density at radius 2 is 1.83 bits per heavy atom. The number of fused-ring (bicyclic) bond motifs is 1. The number of thiophene rings is 1. The topological polar surface area (TPSA) is 69.0 Å². The normalized spacial score (nSPS) is 15.8. The highest BCUT2D eigenvalue weighted by molar-refractivity contribution is 7.09. The highest BCUT2D eigenvalue weighted by atomic mass is 32.1. The van der Waals surface area contributed by atoms with Gasteiger partial charge in [0.25, 0.3) is 0 Å². The number of nitriles is 1. The van der Waals surface area contributed by atoms with Gasteiger partial charge in [0.1, 0.15) is 13.2 Å². The van der Waals surface area contributed by atoms with Gasteiger partial charge < -0.3 is 19.3 Å². The predicted octanol–water partition coefficient (Wildman–Crippen LogP) is 4.14. The van der Waals surface area contributed by atoms with E-state index in [0.29, 0.717) is 37.6 Å². The fourth-order valence-corrected chi connectivity index (χ4v) is 5.19. The van der Waals surface area contributed by atoms with Gasteiger partial charge in [-0.3, -0.25) is 9.69 Å². The summed E-state index contributed by atoms with van der Waals surface area (Å²) in [7, 11) is 0. The van der Waals surface area contributed by atoms with Gasteiger partial charge in [-0.1, -0.05) is 6.07 Å². The number of hydrogen-bond acceptors (Lipinski definition) is 7. The van der Waals surface area contributed by atoms with Crippen LogP contribution in [0.5, 0.6) is 11.5 Å². The number of amides is 1. The summed E-state index contributed by atoms with van der Waals surface area (Å²) in [5, 5.41) is 11.1. The van der Waals surface area contributed by atoms with Gasteiger partial charge in [0, 0.05) is 48.5 Å². The van der Waals surface area contributed by atoms with E-state index in [0.717, 1.165) is 54.6 Å². The molecule has 35 heavy (non-hydrogen) atoms. The molecule has 3 aromatic rings. The standard InChI is InChI=1S/C27H28N4O3S/c28-18-21-4-6-22(7-5-21)30-11-2-10-29(12-13-30)20-27(32)31(19-24-3-1-16-35-24)23-8-9-25-26(17-23)34-15-14-33-25/h1,3-9,16-17H,2,10-15,19-20H2. The molecule has 2 aromatic carbocycles. The summed E-state index contributed by atoms with van der Waals surface area (Å²) in [6.07, 6.45) is 0.974. The predicted molar refractivity (Wildman–Crippen MR) is 137 cm³/mol. The lowest BCUT2D eigenvalue weighted by Crippen LogP contribution is -2.41. The zero-order valence-corrected chi connectivity index (χ0v) is 20.4. The molecule has 2 aliphatic heterocycles. The van der Waals surface area contributed by atoms with E-state index in [-0.39, 0.29) is 5.91 Å². The van der Waals surface area contributed by atoms with E-state index in [1.165, 1.54) is 0 Å². The van der Waals surface area contributed by atoms with Crippen molar-refractivity contribution in [1.82, 2.24) is 4.90 Å². The molecule has 1 aromatic heterocycles. The van der Waals surface area contributed by atoms with Crippen LogP contribution in [-0.4, -0.2) is 56.7 Å². The summed E-state index contributed by atoms with van der Waals surface area (Å²) in [4.78, 5) is 21.2. The highest BCUT2D eigenvalue weighted by Crippen LogP contribution is 2.35. The Bertz CT molecular complexity index is 1190. The van der Waals surface area contributed by atoms with Gasteiger partial charge in [0.15, 0.2) is 11.5 Å². The molecule has 0 saturated carbocycles. The maximum Gasteiger partial charge on any atom is 0.241 e. The number of ether oxygens (including phenoxy) is 2. The van der Waals surface area contributed by atoms with Crippen LogP contribution in [0.1, 0.15) is 16.9 Å². The van der Waals surface area contributed by atoms with Crippen LogP contribution in [0.15, 0.2) is 60.0 Å². The van der Waals surface area contributed by atoms with Crippen molar-refractivity contribution < 1.29 is 14.3 Å². The molecular formula is C27H28N4O3S. The van der Waals surface area contributed by atoms with E-state index in [2.05, 4.69) is 21.9 Å². The van der Waals surface area contributed by atoms with Gasteiger partial charge in [-0.05, 0) is 54.3 Å². The molecule has 2 aliphatic rings. The molecule has 8 heteroatoms. The summed E-state index contributed by atoms with van der Waals surface area (Å²) in [6, 6.07) is 19.7. The number of anilines is 2. The van der Waals surface area contributed by atoms with Gasteiger partial charge in [-0.2, -0.15) is 5.26 Å². The molecule has 180 valence electrons. The van der Waals surface area contributed by atoms with E-state index < -0.39 is 0 Å². The first kappa shape index (κ1) is 23.2. The number of hydrogen-bond donors (Lipinski definition) is 0. The van der Waals surface area contributed by atoms with Crippen molar-refractivity contribution in [2.24, 2.45) is 0 Å². The number of rotatable bonds is 6. The summed E-state index contributed by atoms with van der Waals surface area (Å²) in [5.74, 6) is 1.48. The first-order chi connectivity index (χ1) is 17.2. The monoisotopic (exact) mass is 488 g/mol. The summed E-state index contributed by atoms with van der Waals surface area (Å²) < 4.78 is 11.4. The molecule has 0 bridgehead atoms. The van der Waals surface area contributed by atoms with Gasteiger partial charge in [-0.25, -0.2) is 0 Å². The fraction of sp³-hybridized carbons (Fsp3) is 0.333. The average Bonchev–Trinajstić information content (AvgIpc) is 3.31. The van der Waals surface area contributed by atoms with Gasteiger partial charge in [0.2, 0.25) is 5.91 Å². The molecule has 0 aliphatic carbocycles. The number of nitrogens with zero attached hydrogens (tertiary/aromatic N) is 4. The summed E-state index contributed by atoms with van der Waals surface area (Å²) in [5.41, 5.74) is 2.61. The second-order valence-corrected chi connectivity index (χ2v) is 9.69. The minimum Gasteiger partial charge on any atom is -0.486 e. The van der Waals surface area contributed by atoms with Crippen LogP contribution >= 0.6 is 11.3 Å². The second kappa shape index (κ2) is 10.8. The highest BCUT2D eigenvalue weighted by Gasteiger charge is 2.24. The van der Waals surface area contributed by atoms with Crippen LogP contribution in [0.3, 0.4) is 0 Å². The first-order valence-electron chi connectivity index (χ1n) is 11.9. The molecule has 0 spiro atoms. The molecule has 7 nitrogen and oxygen atoms in total. The molecule has 3 heterocycles. The Balaban J connectivity index is 1.28. The zero-order chi connectivity index (χ0) is 24.0. The lowest BCUT2D eigenvalue weighted by atomic mass is 10.2. The Morgan fingerprint density at radius 1 is 1.00 bits per heavy atom. The van der Waals surface area contributed by atoms with Gasteiger partial charge in [-0.15, -0.1) is 11.3 Å². The van der Waals surface area contributed by atoms with Crippen molar-refractivity contribution in [2.45, 2.75) is 13.0 Å². The van der Waals surface area contributed by atoms with E-state index >= 15 is 0 Å². The van der Waals surface area contributed by atoms with E-state index in [4.69, 9.17) is 14.7 Å². The minimum absolute atomic E-state index is 0.0712.